The third-order valence-electron chi connectivity index (χ3n) is 5.38. The van der Waals surface area contributed by atoms with Gasteiger partial charge in [0.25, 0.3) is 0 Å². The van der Waals surface area contributed by atoms with Gasteiger partial charge in [0, 0.05) is 25.6 Å². The SMILES string of the molecule is C[C@H](NC(=O)N1CCC[C@@H](c2nc3ccccc3[nH]2)C1)[C@@H]1CCCO1. The van der Waals surface area contributed by atoms with E-state index in [4.69, 9.17) is 9.72 Å². The molecule has 0 bridgehead atoms. The highest BCUT2D eigenvalue weighted by atomic mass is 16.5. The van der Waals surface area contributed by atoms with E-state index in [2.05, 4.69) is 10.3 Å². The fraction of sp³-hybridized carbons (Fsp3) is 0.579. The molecule has 0 unspecified atom stereocenters. The van der Waals surface area contributed by atoms with Crippen LogP contribution in [0, 0.1) is 0 Å². The smallest absolute Gasteiger partial charge is 0.317 e. The number of benzene rings is 1. The van der Waals surface area contributed by atoms with E-state index in [9.17, 15) is 4.79 Å². The summed E-state index contributed by atoms with van der Waals surface area (Å²) in [6, 6.07) is 8.15. The molecule has 0 spiro atoms. The number of para-hydroxylation sites is 2. The molecule has 0 radical (unpaired) electrons. The fourth-order valence-corrected chi connectivity index (χ4v) is 3.93. The lowest BCUT2D eigenvalue weighted by atomic mass is 9.97. The molecule has 6 nitrogen and oxygen atoms in total. The Morgan fingerprint density at radius 2 is 2.24 bits per heavy atom. The van der Waals surface area contributed by atoms with Crippen LogP contribution in [-0.2, 0) is 4.74 Å². The van der Waals surface area contributed by atoms with Crippen molar-refractivity contribution >= 4 is 17.1 Å². The summed E-state index contributed by atoms with van der Waals surface area (Å²) in [5.41, 5.74) is 2.05. The second kappa shape index (κ2) is 7.04. The predicted molar refractivity (Wildman–Crippen MR) is 96.6 cm³/mol. The molecule has 2 saturated heterocycles. The number of imidazole rings is 1. The maximum atomic E-state index is 12.6. The largest absolute Gasteiger partial charge is 0.376 e. The molecular weight excluding hydrogens is 316 g/mol. The van der Waals surface area contributed by atoms with Crippen LogP contribution in [0.2, 0.25) is 0 Å². The van der Waals surface area contributed by atoms with Crippen LogP contribution >= 0.6 is 0 Å². The number of piperidine rings is 1. The van der Waals surface area contributed by atoms with Crippen LogP contribution in [0.15, 0.2) is 24.3 Å². The van der Waals surface area contributed by atoms with E-state index in [-0.39, 0.29) is 24.1 Å². The number of urea groups is 1. The highest BCUT2D eigenvalue weighted by Crippen LogP contribution is 2.27. The Kier molecular flexibility index (Phi) is 4.61. The molecule has 2 fully saturated rings. The minimum atomic E-state index is 0.0174. The van der Waals surface area contributed by atoms with Crippen molar-refractivity contribution in [3.63, 3.8) is 0 Å². The lowest BCUT2D eigenvalue weighted by Crippen LogP contribution is -2.50. The van der Waals surface area contributed by atoms with Gasteiger partial charge in [-0.15, -0.1) is 0 Å². The van der Waals surface area contributed by atoms with Crippen LogP contribution in [0.1, 0.15) is 44.3 Å². The van der Waals surface area contributed by atoms with Gasteiger partial charge in [-0.3, -0.25) is 0 Å². The summed E-state index contributed by atoms with van der Waals surface area (Å²) >= 11 is 0. The Balaban J connectivity index is 1.40. The highest BCUT2D eigenvalue weighted by Gasteiger charge is 2.29. The summed E-state index contributed by atoms with van der Waals surface area (Å²) in [4.78, 5) is 22.7. The number of nitrogens with one attached hydrogen (secondary N) is 2. The van der Waals surface area contributed by atoms with E-state index >= 15 is 0 Å². The first-order valence-corrected chi connectivity index (χ1v) is 9.32. The normalized spacial score (nSPS) is 25.2. The minimum Gasteiger partial charge on any atom is -0.376 e. The van der Waals surface area contributed by atoms with E-state index < -0.39 is 0 Å². The minimum absolute atomic E-state index is 0.0174. The van der Waals surface area contributed by atoms with Gasteiger partial charge in [-0.05, 0) is 44.7 Å². The average Bonchev–Trinajstić information content (AvgIpc) is 3.31. The van der Waals surface area contributed by atoms with Crippen molar-refractivity contribution in [2.75, 3.05) is 19.7 Å². The van der Waals surface area contributed by atoms with Crippen molar-refractivity contribution in [3.8, 4) is 0 Å². The lowest BCUT2D eigenvalue weighted by molar-refractivity contribution is 0.0823. The molecule has 0 saturated carbocycles. The number of carbonyl (C=O) groups is 1. The first-order chi connectivity index (χ1) is 12.2. The molecule has 1 aromatic carbocycles. The molecule has 2 aromatic rings. The summed E-state index contributed by atoms with van der Waals surface area (Å²) in [5, 5.41) is 3.12. The molecule has 3 heterocycles. The Morgan fingerprint density at radius 1 is 1.36 bits per heavy atom. The summed E-state index contributed by atoms with van der Waals surface area (Å²) in [5.74, 6) is 1.26. The number of H-pyrrole nitrogens is 1. The number of rotatable bonds is 3. The van der Waals surface area contributed by atoms with Crippen LogP contribution in [0.4, 0.5) is 4.79 Å². The number of hydrogen-bond donors (Lipinski definition) is 2. The third kappa shape index (κ3) is 3.49. The maximum Gasteiger partial charge on any atom is 0.317 e. The molecule has 0 aliphatic carbocycles. The van der Waals surface area contributed by atoms with Crippen molar-refractivity contribution in [2.45, 2.75) is 50.7 Å². The Bertz CT molecular complexity index is 705. The van der Waals surface area contributed by atoms with Gasteiger partial charge in [0.2, 0.25) is 0 Å². The van der Waals surface area contributed by atoms with Crippen LogP contribution in [0.5, 0.6) is 0 Å². The predicted octanol–water partition coefficient (Wildman–Crippen LogP) is 3.02. The van der Waals surface area contributed by atoms with Gasteiger partial charge in [-0.25, -0.2) is 9.78 Å². The van der Waals surface area contributed by atoms with E-state index in [1.165, 1.54) is 0 Å². The number of aromatic nitrogens is 2. The van der Waals surface area contributed by atoms with Gasteiger partial charge >= 0.3 is 6.03 Å². The van der Waals surface area contributed by atoms with E-state index in [0.29, 0.717) is 6.54 Å². The Morgan fingerprint density at radius 3 is 3.04 bits per heavy atom. The number of hydrogen-bond acceptors (Lipinski definition) is 3. The van der Waals surface area contributed by atoms with Crippen molar-refractivity contribution in [1.82, 2.24) is 20.2 Å². The molecule has 1 aromatic heterocycles. The quantitative estimate of drug-likeness (QED) is 0.901. The van der Waals surface area contributed by atoms with Gasteiger partial charge in [0.1, 0.15) is 5.82 Å². The van der Waals surface area contributed by atoms with Gasteiger partial charge in [0.15, 0.2) is 0 Å². The van der Waals surface area contributed by atoms with Crippen LogP contribution < -0.4 is 5.32 Å². The second-order valence-corrected chi connectivity index (χ2v) is 7.21. The van der Waals surface area contributed by atoms with Crippen molar-refractivity contribution in [1.29, 1.82) is 0 Å². The van der Waals surface area contributed by atoms with Crippen molar-refractivity contribution in [3.05, 3.63) is 30.1 Å². The topological polar surface area (TPSA) is 70.2 Å². The number of aromatic amines is 1. The molecule has 25 heavy (non-hydrogen) atoms. The van der Waals surface area contributed by atoms with E-state index in [1.54, 1.807) is 0 Å². The molecule has 6 heteroatoms. The third-order valence-corrected chi connectivity index (χ3v) is 5.38. The Hall–Kier alpha value is -2.08. The second-order valence-electron chi connectivity index (χ2n) is 7.21. The van der Waals surface area contributed by atoms with Gasteiger partial charge < -0.3 is 19.9 Å². The molecular formula is C19H26N4O2. The first kappa shape index (κ1) is 16.4. The molecule has 3 atom stereocenters. The molecule has 4 rings (SSSR count). The van der Waals surface area contributed by atoms with Gasteiger partial charge in [-0.2, -0.15) is 0 Å². The van der Waals surface area contributed by atoms with Crippen molar-refractivity contribution < 1.29 is 9.53 Å². The number of fused-ring (bicyclic) bond motifs is 1. The van der Waals surface area contributed by atoms with Crippen LogP contribution in [0.3, 0.4) is 0 Å². The van der Waals surface area contributed by atoms with Gasteiger partial charge in [-0.1, -0.05) is 12.1 Å². The number of ether oxygens (including phenoxy) is 1. The highest BCUT2D eigenvalue weighted by molar-refractivity contribution is 5.76. The van der Waals surface area contributed by atoms with E-state index in [0.717, 1.165) is 55.7 Å². The summed E-state index contributed by atoms with van der Waals surface area (Å²) in [7, 11) is 0. The fourth-order valence-electron chi connectivity index (χ4n) is 3.93. The zero-order chi connectivity index (χ0) is 17.2. The zero-order valence-electron chi connectivity index (χ0n) is 14.7. The van der Waals surface area contributed by atoms with Crippen molar-refractivity contribution in [2.24, 2.45) is 0 Å². The molecule has 2 N–H and O–H groups in total. The molecule has 2 amide bonds. The molecule has 134 valence electrons. The standard InChI is InChI=1S/C19H26N4O2/c1-13(17-9-5-11-25-17)20-19(24)23-10-4-6-14(12-23)18-21-15-7-2-3-8-16(15)22-18/h2-3,7-8,13-14,17H,4-6,9-12H2,1H3,(H,20,24)(H,21,22)/t13-,14+,17-/m0/s1. The molecule has 2 aliphatic rings. The number of carbonyl (C=O) groups excluding carboxylic acids is 1. The Labute approximate surface area is 147 Å². The summed E-state index contributed by atoms with van der Waals surface area (Å²) in [6.45, 7) is 4.36. The van der Waals surface area contributed by atoms with E-state index in [1.807, 2.05) is 36.1 Å². The number of likely N-dealkylation sites (tertiary alicyclic amines) is 1. The zero-order valence-corrected chi connectivity index (χ0v) is 14.7. The van der Waals surface area contributed by atoms with Crippen LogP contribution in [0.25, 0.3) is 11.0 Å². The first-order valence-electron chi connectivity index (χ1n) is 9.32. The summed E-state index contributed by atoms with van der Waals surface area (Å²) in [6.07, 6.45) is 4.33. The average molecular weight is 342 g/mol. The summed E-state index contributed by atoms with van der Waals surface area (Å²) < 4.78 is 5.68. The lowest BCUT2D eigenvalue weighted by Gasteiger charge is -2.33. The maximum absolute atomic E-state index is 12.6. The molecule has 2 aliphatic heterocycles. The van der Waals surface area contributed by atoms with Crippen LogP contribution in [-0.4, -0.2) is 52.7 Å². The van der Waals surface area contributed by atoms with Gasteiger partial charge in [0.05, 0.1) is 23.2 Å². The number of amides is 2. The number of nitrogens with zero attached hydrogens (tertiary/aromatic N) is 2. The monoisotopic (exact) mass is 342 g/mol.